The van der Waals surface area contributed by atoms with Crippen molar-refractivity contribution in [3.63, 3.8) is 0 Å². The summed E-state index contributed by atoms with van der Waals surface area (Å²) in [6.07, 6.45) is 3.35. The zero-order valence-electron chi connectivity index (χ0n) is 17.5. The molecule has 4 heterocycles. The Morgan fingerprint density at radius 2 is 1.97 bits per heavy atom. The zero-order chi connectivity index (χ0) is 21.4. The van der Waals surface area contributed by atoms with Crippen LogP contribution in [0.2, 0.25) is 0 Å². The lowest BCUT2D eigenvalue weighted by Gasteiger charge is -2.44. The molecule has 0 radical (unpaired) electrons. The zero-order valence-corrected chi connectivity index (χ0v) is 17.5. The van der Waals surface area contributed by atoms with Gasteiger partial charge in [-0.15, -0.1) is 0 Å². The number of nitrogens with zero attached hydrogens (tertiary/aromatic N) is 4. The highest BCUT2D eigenvalue weighted by Gasteiger charge is 2.31. The van der Waals surface area contributed by atoms with Crippen LogP contribution < -0.4 is 4.90 Å². The lowest BCUT2D eigenvalue weighted by atomic mass is 10.1. The fourth-order valence-corrected chi connectivity index (χ4v) is 4.32. The number of aromatic nitrogens is 3. The summed E-state index contributed by atoms with van der Waals surface area (Å²) in [5.41, 5.74) is 2.73. The van der Waals surface area contributed by atoms with Gasteiger partial charge in [-0.1, -0.05) is 6.07 Å². The van der Waals surface area contributed by atoms with Crippen LogP contribution in [0.5, 0.6) is 0 Å². The van der Waals surface area contributed by atoms with Crippen LogP contribution in [-0.4, -0.2) is 64.0 Å². The van der Waals surface area contributed by atoms with E-state index in [1.165, 1.54) is 13.3 Å². The van der Waals surface area contributed by atoms with Crippen LogP contribution in [0.4, 0.5) is 5.82 Å². The maximum atomic E-state index is 11.9. The first-order valence-corrected chi connectivity index (χ1v) is 9.95. The maximum Gasteiger partial charge on any atom is 0.339 e. The highest BCUT2D eigenvalue weighted by molar-refractivity contribution is 5.98. The van der Waals surface area contributed by atoms with Crippen LogP contribution >= 0.6 is 0 Å². The van der Waals surface area contributed by atoms with Gasteiger partial charge in [0.15, 0.2) is 0 Å². The predicted octanol–water partition coefficient (Wildman–Crippen LogP) is 3.10. The van der Waals surface area contributed by atoms with Crippen LogP contribution in [0.3, 0.4) is 0 Å². The number of amides is 1. The summed E-state index contributed by atoms with van der Waals surface area (Å²) in [4.78, 5) is 40.3. The molecule has 3 aromatic heterocycles. The lowest BCUT2D eigenvalue weighted by molar-refractivity contribution is -0.133. The molecule has 3 aromatic rings. The molecule has 1 fully saturated rings. The molecular weight excluding hydrogens is 382 g/mol. The Bertz CT molecular complexity index is 1100. The highest BCUT2D eigenvalue weighted by Crippen LogP contribution is 2.29. The largest absolute Gasteiger partial charge is 0.465 e. The number of piperazine rings is 1. The third-order valence-electron chi connectivity index (χ3n) is 5.57. The molecule has 0 aliphatic carbocycles. The van der Waals surface area contributed by atoms with Crippen LogP contribution in [0.15, 0.2) is 36.7 Å². The van der Waals surface area contributed by atoms with Crippen molar-refractivity contribution < 1.29 is 15.8 Å². The molecule has 1 saturated heterocycles. The number of carbonyl (C=O) groups is 2. The lowest BCUT2D eigenvalue weighted by Crippen LogP contribution is -2.58. The quantitative estimate of drug-likeness (QED) is 0.669. The first-order valence-electron chi connectivity index (χ1n) is 9.95. The SMILES string of the molecule is COC(=O)c1cnc2[nH]cc(-c3cccc(N4C[C@@H](C)N(C(C)=O)[C@@H](C)C4)n3)c2c1.[HH]. The average Bonchev–Trinajstić information content (AvgIpc) is 3.15. The van der Waals surface area contributed by atoms with Gasteiger partial charge in [-0.05, 0) is 32.0 Å². The summed E-state index contributed by atoms with van der Waals surface area (Å²) in [7, 11) is 1.35. The number of methoxy groups -OCH3 is 1. The number of carbonyl (C=O) groups excluding carboxylic acids is 2. The molecule has 0 aromatic carbocycles. The molecule has 1 amide bonds. The molecule has 8 nitrogen and oxygen atoms in total. The predicted molar refractivity (Wildman–Crippen MR) is 116 cm³/mol. The van der Waals surface area contributed by atoms with E-state index in [-0.39, 0.29) is 19.4 Å². The number of hydrogen-bond donors (Lipinski definition) is 1. The number of fused-ring (bicyclic) bond motifs is 1. The Labute approximate surface area is 176 Å². The number of esters is 1. The van der Waals surface area contributed by atoms with Crippen molar-refractivity contribution in [2.24, 2.45) is 0 Å². The van der Waals surface area contributed by atoms with Gasteiger partial charge in [-0.25, -0.2) is 14.8 Å². The van der Waals surface area contributed by atoms with Crippen molar-refractivity contribution in [2.45, 2.75) is 32.9 Å². The van der Waals surface area contributed by atoms with Gasteiger partial charge in [-0.3, -0.25) is 4.79 Å². The second-order valence-corrected chi connectivity index (χ2v) is 7.72. The number of nitrogens with one attached hydrogen (secondary N) is 1. The van der Waals surface area contributed by atoms with Crippen LogP contribution in [0.1, 0.15) is 32.6 Å². The standard InChI is InChI=1S/C22H25N5O3.H2/c1-13-11-26(12-14(2)27(13)15(3)28)20-7-5-6-19(25-20)18-10-24-21-17(18)8-16(9-23-21)22(29)30-4;/h5-10,13-14H,11-12H2,1-4H3,(H,23,24);1H/t13-,14+;. The Hall–Kier alpha value is -3.42. The maximum absolute atomic E-state index is 11.9. The number of aromatic amines is 1. The van der Waals surface area contributed by atoms with Crippen LogP contribution in [0.25, 0.3) is 22.3 Å². The molecule has 0 saturated carbocycles. The summed E-state index contributed by atoms with van der Waals surface area (Å²) in [6, 6.07) is 7.88. The third-order valence-corrected chi connectivity index (χ3v) is 5.57. The average molecular weight is 409 g/mol. The van der Waals surface area contributed by atoms with E-state index < -0.39 is 5.97 Å². The van der Waals surface area contributed by atoms with Crippen molar-refractivity contribution in [1.82, 2.24) is 19.9 Å². The molecule has 1 N–H and O–H groups in total. The summed E-state index contributed by atoms with van der Waals surface area (Å²) in [5, 5.41) is 0.811. The van der Waals surface area contributed by atoms with E-state index in [1.54, 1.807) is 13.0 Å². The van der Waals surface area contributed by atoms with E-state index in [0.29, 0.717) is 11.2 Å². The van der Waals surface area contributed by atoms with Gasteiger partial charge >= 0.3 is 5.97 Å². The van der Waals surface area contributed by atoms with Crippen molar-refractivity contribution in [3.8, 4) is 11.3 Å². The van der Waals surface area contributed by atoms with Crippen molar-refractivity contribution in [3.05, 3.63) is 42.2 Å². The molecule has 0 unspecified atom stereocenters. The molecule has 0 spiro atoms. The van der Waals surface area contributed by atoms with Gasteiger partial charge in [-0.2, -0.15) is 0 Å². The molecule has 1 aliphatic rings. The Balaban J connectivity index is 0.00000272. The van der Waals surface area contributed by atoms with E-state index in [4.69, 9.17) is 9.72 Å². The number of pyridine rings is 2. The summed E-state index contributed by atoms with van der Waals surface area (Å²) in [5.74, 6) is 0.537. The summed E-state index contributed by atoms with van der Waals surface area (Å²) >= 11 is 0. The Morgan fingerprint density at radius 3 is 2.63 bits per heavy atom. The van der Waals surface area contributed by atoms with E-state index in [2.05, 4.69) is 28.7 Å². The van der Waals surface area contributed by atoms with Crippen molar-refractivity contribution in [2.75, 3.05) is 25.1 Å². The van der Waals surface area contributed by atoms with Crippen molar-refractivity contribution in [1.29, 1.82) is 0 Å². The Morgan fingerprint density at radius 1 is 1.23 bits per heavy atom. The van der Waals surface area contributed by atoms with Gasteiger partial charge in [0.05, 0.1) is 18.4 Å². The normalized spacial score (nSPS) is 19.2. The van der Waals surface area contributed by atoms with E-state index in [9.17, 15) is 9.59 Å². The number of rotatable bonds is 3. The number of anilines is 1. The monoisotopic (exact) mass is 409 g/mol. The summed E-state index contributed by atoms with van der Waals surface area (Å²) in [6.45, 7) is 7.20. The topological polar surface area (TPSA) is 91.4 Å². The fourth-order valence-electron chi connectivity index (χ4n) is 4.32. The fraction of sp³-hybridized carbons (Fsp3) is 0.364. The molecule has 8 heteroatoms. The molecule has 0 bridgehead atoms. The number of H-pyrrole nitrogens is 1. The second kappa shape index (κ2) is 7.78. The smallest absolute Gasteiger partial charge is 0.339 e. The van der Waals surface area contributed by atoms with Gasteiger partial charge in [0.25, 0.3) is 0 Å². The first-order chi connectivity index (χ1) is 14.4. The van der Waals surface area contributed by atoms with Gasteiger partial charge in [0, 0.05) is 56.9 Å². The third kappa shape index (κ3) is 3.49. The van der Waals surface area contributed by atoms with Gasteiger partial charge in [0.1, 0.15) is 11.5 Å². The van der Waals surface area contributed by atoms with Gasteiger partial charge < -0.3 is 19.5 Å². The first kappa shape index (κ1) is 19.9. The van der Waals surface area contributed by atoms with Crippen molar-refractivity contribution >= 4 is 28.7 Å². The second-order valence-electron chi connectivity index (χ2n) is 7.72. The van der Waals surface area contributed by atoms with E-state index in [0.717, 1.165) is 35.6 Å². The highest BCUT2D eigenvalue weighted by atomic mass is 16.5. The number of hydrogen-bond acceptors (Lipinski definition) is 6. The van der Waals surface area contributed by atoms with Gasteiger partial charge in [0.2, 0.25) is 5.91 Å². The molecule has 30 heavy (non-hydrogen) atoms. The molecule has 1 aliphatic heterocycles. The minimum Gasteiger partial charge on any atom is -0.465 e. The molecular formula is C22H27N5O3. The minimum atomic E-state index is -0.426. The molecule has 158 valence electrons. The number of ether oxygens (including phenoxy) is 1. The molecule has 2 atom stereocenters. The Kier molecular flexibility index (Phi) is 5.15. The van der Waals surface area contributed by atoms with Crippen LogP contribution in [0, 0.1) is 0 Å². The minimum absolute atomic E-state index is 0. The van der Waals surface area contributed by atoms with Crippen LogP contribution in [-0.2, 0) is 9.53 Å². The molecule has 4 rings (SSSR count). The van der Waals surface area contributed by atoms with E-state index >= 15 is 0 Å². The van der Waals surface area contributed by atoms with E-state index in [1.807, 2.05) is 29.3 Å². The summed E-state index contributed by atoms with van der Waals surface area (Å²) < 4.78 is 4.81.